The number of nitrogens with one attached hydrogen (secondary N) is 2. The van der Waals surface area contributed by atoms with Crippen molar-refractivity contribution in [2.75, 3.05) is 0 Å². The SMILES string of the molecule is CC(Sc1n[nH]c(CCC2CCCC2)n1)c1nc2ccccc2c(=O)[nH]1. The Balaban J connectivity index is 1.43. The molecule has 6 nitrogen and oxygen atoms in total. The highest BCUT2D eigenvalue weighted by atomic mass is 32.2. The monoisotopic (exact) mass is 369 g/mol. The van der Waals surface area contributed by atoms with Crippen molar-refractivity contribution in [2.24, 2.45) is 5.92 Å². The number of thioether (sulfide) groups is 1. The molecule has 26 heavy (non-hydrogen) atoms. The molecule has 2 heterocycles. The fourth-order valence-corrected chi connectivity index (χ4v) is 4.39. The number of hydrogen-bond donors (Lipinski definition) is 2. The molecule has 1 aromatic carbocycles. The molecule has 2 aromatic heterocycles. The first-order chi connectivity index (χ1) is 12.7. The van der Waals surface area contributed by atoms with Crippen LogP contribution in [0.4, 0.5) is 0 Å². The van der Waals surface area contributed by atoms with E-state index in [1.165, 1.54) is 43.9 Å². The van der Waals surface area contributed by atoms with Crippen LogP contribution in [-0.2, 0) is 6.42 Å². The molecule has 1 aliphatic carbocycles. The zero-order valence-electron chi connectivity index (χ0n) is 14.9. The lowest BCUT2D eigenvalue weighted by Gasteiger charge is -2.08. The fourth-order valence-electron chi connectivity index (χ4n) is 3.59. The van der Waals surface area contributed by atoms with Gasteiger partial charge in [-0.25, -0.2) is 9.97 Å². The second-order valence-corrected chi connectivity index (χ2v) is 8.29. The fraction of sp³-hybridized carbons (Fsp3) is 0.474. The van der Waals surface area contributed by atoms with Crippen molar-refractivity contribution >= 4 is 22.7 Å². The summed E-state index contributed by atoms with van der Waals surface area (Å²) < 4.78 is 0. The number of H-pyrrole nitrogens is 2. The molecular weight excluding hydrogens is 346 g/mol. The van der Waals surface area contributed by atoms with E-state index in [0.29, 0.717) is 21.9 Å². The summed E-state index contributed by atoms with van der Waals surface area (Å²) in [6.45, 7) is 2.01. The van der Waals surface area contributed by atoms with Crippen molar-refractivity contribution in [3.63, 3.8) is 0 Å². The molecule has 1 unspecified atom stereocenters. The molecule has 7 heteroatoms. The van der Waals surface area contributed by atoms with Crippen LogP contribution in [0.2, 0.25) is 0 Å². The van der Waals surface area contributed by atoms with E-state index >= 15 is 0 Å². The summed E-state index contributed by atoms with van der Waals surface area (Å²) in [6.07, 6.45) is 7.60. The van der Waals surface area contributed by atoms with Gasteiger partial charge >= 0.3 is 0 Å². The van der Waals surface area contributed by atoms with Crippen molar-refractivity contribution in [3.05, 3.63) is 46.3 Å². The van der Waals surface area contributed by atoms with E-state index in [0.717, 1.165) is 18.2 Å². The van der Waals surface area contributed by atoms with E-state index in [9.17, 15) is 4.79 Å². The third-order valence-corrected chi connectivity index (χ3v) is 6.04. The molecule has 3 aromatic rings. The van der Waals surface area contributed by atoms with E-state index in [1.807, 2.05) is 25.1 Å². The second kappa shape index (κ2) is 7.61. The molecule has 1 fully saturated rings. The molecule has 0 saturated heterocycles. The first-order valence-corrected chi connectivity index (χ1v) is 10.1. The molecule has 0 radical (unpaired) electrons. The quantitative estimate of drug-likeness (QED) is 0.641. The molecular formula is C19H23N5OS. The smallest absolute Gasteiger partial charge is 0.258 e. The molecule has 1 aliphatic rings. The number of para-hydroxylation sites is 1. The molecule has 1 atom stereocenters. The number of hydrogen-bond acceptors (Lipinski definition) is 5. The van der Waals surface area contributed by atoms with Gasteiger partial charge in [0.15, 0.2) is 0 Å². The third kappa shape index (κ3) is 3.82. The van der Waals surface area contributed by atoms with Crippen molar-refractivity contribution in [1.82, 2.24) is 25.1 Å². The highest BCUT2D eigenvalue weighted by molar-refractivity contribution is 7.99. The van der Waals surface area contributed by atoms with Crippen LogP contribution >= 0.6 is 11.8 Å². The van der Waals surface area contributed by atoms with Gasteiger partial charge in [0.05, 0.1) is 16.2 Å². The van der Waals surface area contributed by atoms with Crippen LogP contribution in [0.3, 0.4) is 0 Å². The number of aryl methyl sites for hydroxylation is 1. The van der Waals surface area contributed by atoms with Gasteiger partial charge in [-0.05, 0) is 31.4 Å². The minimum atomic E-state index is -0.106. The van der Waals surface area contributed by atoms with Crippen LogP contribution in [0.5, 0.6) is 0 Å². The van der Waals surface area contributed by atoms with Crippen molar-refractivity contribution in [2.45, 2.75) is 55.9 Å². The molecule has 136 valence electrons. The van der Waals surface area contributed by atoms with E-state index < -0.39 is 0 Å². The first-order valence-electron chi connectivity index (χ1n) is 9.26. The molecule has 2 N–H and O–H groups in total. The minimum Gasteiger partial charge on any atom is -0.309 e. The average Bonchev–Trinajstić information content (AvgIpc) is 3.31. The lowest BCUT2D eigenvalue weighted by atomic mass is 10.0. The first kappa shape index (κ1) is 17.3. The number of aromatic amines is 2. The zero-order valence-corrected chi connectivity index (χ0v) is 15.7. The summed E-state index contributed by atoms with van der Waals surface area (Å²) in [5.74, 6) is 2.45. The Labute approximate surface area is 156 Å². The Morgan fingerprint density at radius 2 is 2.04 bits per heavy atom. The Hall–Kier alpha value is -2.15. The van der Waals surface area contributed by atoms with Crippen LogP contribution in [-0.4, -0.2) is 25.1 Å². The zero-order chi connectivity index (χ0) is 17.9. The Morgan fingerprint density at radius 3 is 2.88 bits per heavy atom. The van der Waals surface area contributed by atoms with Gasteiger partial charge < -0.3 is 4.98 Å². The minimum absolute atomic E-state index is 0.0363. The summed E-state index contributed by atoms with van der Waals surface area (Å²) in [4.78, 5) is 24.3. The van der Waals surface area contributed by atoms with Crippen LogP contribution < -0.4 is 5.56 Å². The van der Waals surface area contributed by atoms with E-state index in [1.54, 1.807) is 6.07 Å². The van der Waals surface area contributed by atoms with Crippen molar-refractivity contribution < 1.29 is 0 Å². The molecule has 4 rings (SSSR count). The maximum atomic E-state index is 12.2. The maximum absolute atomic E-state index is 12.2. The summed E-state index contributed by atoms with van der Waals surface area (Å²) in [7, 11) is 0. The lowest BCUT2D eigenvalue weighted by molar-refractivity contribution is 0.497. The molecule has 0 amide bonds. The summed E-state index contributed by atoms with van der Waals surface area (Å²) in [6, 6.07) is 7.38. The van der Waals surface area contributed by atoms with Crippen LogP contribution in [0.1, 0.15) is 55.9 Å². The predicted molar refractivity (Wildman–Crippen MR) is 103 cm³/mol. The van der Waals surface area contributed by atoms with Gasteiger partial charge in [-0.1, -0.05) is 49.6 Å². The normalized spacial score (nSPS) is 16.3. The van der Waals surface area contributed by atoms with Gasteiger partial charge in [0.25, 0.3) is 5.56 Å². The largest absolute Gasteiger partial charge is 0.309 e. The van der Waals surface area contributed by atoms with E-state index in [4.69, 9.17) is 0 Å². The summed E-state index contributed by atoms with van der Waals surface area (Å²) in [5.41, 5.74) is 0.608. The van der Waals surface area contributed by atoms with E-state index in [2.05, 4.69) is 25.1 Å². The maximum Gasteiger partial charge on any atom is 0.258 e. The van der Waals surface area contributed by atoms with Gasteiger partial charge in [-0.3, -0.25) is 9.89 Å². The van der Waals surface area contributed by atoms with Gasteiger partial charge in [0, 0.05) is 6.42 Å². The molecule has 0 aliphatic heterocycles. The Bertz CT molecular complexity index is 944. The average molecular weight is 369 g/mol. The van der Waals surface area contributed by atoms with Crippen LogP contribution in [0, 0.1) is 5.92 Å². The predicted octanol–water partition coefficient (Wildman–Crippen LogP) is 4.02. The van der Waals surface area contributed by atoms with Gasteiger partial charge in [0.1, 0.15) is 11.6 Å². The number of aromatic nitrogens is 5. The molecule has 0 bridgehead atoms. The summed E-state index contributed by atoms with van der Waals surface area (Å²) in [5, 5.41) is 8.65. The molecule has 0 spiro atoms. The lowest BCUT2D eigenvalue weighted by Crippen LogP contribution is -2.12. The highest BCUT2D eigenvalue weighted by Gasteiger charge is 2.17. The van der Waals surface area contributed by atoms with Gasteiger partial charge in [-0.2, -0.15) is 0 Å². The van der Waals surface area contributed by atoms with Gasteiger partial charge in [-0.15, -0.1) is 5.10 Å². The molecule has 1 saturated carbocycles. The number of rotatable bonds is 6. The third-order valence-electron chi connectivity index (χ3n) is 5.07. The van der Waals surface area contributed by atoms with Crippen LogP contribution in [0.15, 0.2) is 34.2 Å². The number of benzene rings is 1. The number of fused-ring (bicyclic) bond motifs is 1. The topological polar surface area (TPSA) is 87.3 Å². The number of nitrogens with zero attached hydrogens (tertiary/aromatic N) is 3. The van der Waals surface area contributed by atoms with Crippen molar-refractivity contribution in [1.29, 1.82) is 0 Å². The Kier molecular flexibility index (Phi) is 5.06. The highest BCUT2D eigenvalue weighted by Crippen LogP contribution is 2.31. The second-order valence-electron chi connectivity index (χ2n) is 6.98. The summed E-state index contributed by atoms with van der Waals surface area (Å²) >= 11 is 1.51. The van der Waals surface area contributed by atoms with Crippen molar-refractivity contribution in [3.8, 4) is 0 Å². The van der Waals surface area contributed by atoms with Crippen LogP contribution in [0.25, 0.3) is 10.9 Å². The van der Waals surface area contributed by atoms with E-state index in [-0.39, 0.29) is 10.8 Å². The standard InChI is InChI=1S/C19H23N5OS/c1-12(17-20-15-9-5-4-8-14(15)18(25)22-17)26-19-21-16(23-24-19)11-10-13-6-2-3-7-13/h4-5,8-9,12-13H,2-3,6-7,10-11H2,1H3,(H,20,22,25)(H,21,23,24). The Morgan fingerprint density at radius 1 is 1.23 bits per heavy atom. The van der Waals surface area contributed by atoms with Gasteiger partial charge in [0.2, 0.25) is 5.16 Å².